The molecule has 1 aromatic carbocycles. The van der Waals surface area contributed by atoms with Crippen LogP contribution in [0.15, 0.2) is 30.9 Å². The molecule has 4 aliphatic heterocycles. The number of likely N-dealkylation sites (N-methyl/N-ethyl adjacent to an activating group) is 2. The van der Waals surface area contributed by atoms with Crippen LogP contribution >= 0.6 is 0 Å². The number of fused-ring (bicyclic) bond motifs is 2. The van der Waals surface area contributed by atoms with Crippen LogP contribution in [0, 0.1) is 23.1 Å². The molecule has 0 aromatic heterocycles. The Hall–Kier alpha value is -3.08. The molecule has 1 aromatic rings. The highest BCUT2D eigenvalue weighted by Crippen LogP contribution is 2.46. The molecule has 0 radical (unpaired) electrons. The van der Waals surface area contributed by atoms with Gasteiger partial charge < -0.3 is 24.2 Å². The third-order valence-corrected chi connectivity index (χ3v) is 10.1. The predicted octanol–water partition coefficient (Wildman–Crippen LogP) is 1.61. The average molecular weight is 596 g/mol. The van der Waals surface area contributed by atoms with E-state index in [4.69, 9.17) is 9.47 Å². The normalized spacial score (nSPS) is 34.8. The highest BCUT2D eigenvalue weighted by Gasteiger charge is 2.56. The zero-order valence-electron chi connectivity index (χ0n) is 25.0. The lowest BCUT2D eigenvalue weighted by atomic mass is 9.71. The first-order valence-electron chi connectivity index (χ1n) is 15.4. The second-order valence-electron chi connectivity index (χ2n) is 12.6. The molecule has 4 unspecified atom stereocenters. The number of nitriles is 1. The molecule has 0 bridgehead atoms. The van der Waals surface area contributed by atoms with Crippen LogP contribution in [0.5, 0.6) is 5.75 Å². The molecule has 7 atom stereocenters. The Morgan fingerprint density at radius 2 is 2.09 bits per heavy atom. The number of ether oxygens (including phenoxy) is 2. The Balaban J connectivity index is 1.25. The van der Waals surface area contributed by atoms with Crippen molar-refractivity contribution >= 4 is 17.5 Å². The summed E-state index contributed by atoms with van der Waals surface area (Å²) in [5, 5.41) is 16.9. The van der Waals surface area contributed by atoms with Crippen LogP contribution in [0.25, 0.3) is 0 Å². The van der Waals surface area contributed by atoms with Crippen LogP contribution in [-0.2, 0) is 14.3 Å². The van der Waals surface area contributed by atoms with Crippen molar-refractivity contribution in [2.45, 2.75) is 74.8 Å². The van der Waals surface area contributed by atoms with Gasteiger partial charge in [0.15, 0.2) is 12.0 Å². The lowest BCUT2D eigenvalue weighted by Crippen LogP contribution is -2.74. The Morgan fingerprint density at radius 3 is 2.84 bits per heavy atom. The summed E-state index contributed by atoms with van der Waals surface area (Å²) < 4.78 is 27.1. The molecule has 2 N–H and O–H groups in total. The molecule has 11 nitrogen and oxygen atoms in total. The molecule has 5 aliphatic rings. The number of nitrogens with zero attached hydrogens (tertiary/aromatic N) is 5. The number of hydrogen-bond acceptors (Lipinski definition) is 9. The van der Waals surface area contributed by atoms with Crippen LogP contribution < -0.4 is 20.3 Å². The summed E-state index contributed by atoms with van der Waals surface area (Å²) in [5.74, 6) is -0.203. The lowest BCUT2D eigenvalue weighted by Gasteiger charge is -2.55. The lowest BCUT2D eigenvalue weighted by molar-refractivity contribution is -0.151. The molecule has 43 heavy (non-hydrogen) atoms. The number of benzene rings is 1. The maximum atomic E-state index is 14.2. The number of piperazine rings is 1. The molecule has 4 fully saturated rings. The first-order chi connectivity index (χ1) is 20.7. The zero-order valence-corrected chi connectivity index (χ0v) is 25.0. The van der Waals surface area contributed by atoms with Crippen molar-refractivity contribution in [1.82, 2.24) is 25.3 Å². The maximum Gasteiger partial charge on any atom is 0.271 e. The zero-order chi connectivity index (χ0) is 30.3. The van der Waals surface area contributed by atoms with E-state index in [-0.39, 0.29) is 42.4 Å². The second-order valence-corrected chi connectivity index (χ2v) is 12.6. The van der Waals surface area contributed by atoms with Gasteiger partial charge in [-0.2, -0.15) is 5.26 Å². The summed E-state index contributed by atoms with van der Waals surface area (Å²) >= 11 is 0. The summed E-state index contributed by atoms with van der Waals surface area (Å²) in [6.45, 7) is 6.94. The molecule has 1 spiro atoms. The fraction of sp³-hybridized carbons (Fsp3) is 0.645. The molecular formula is C31H42FN7O4. The Bertz CT molecular complexity index is 1290. The number of likely N-dealkylation sites (tertiary alicyclic amines) is 1. The van der Waals surface area contributed by atoms with E-state index in [2.05, 4.69) is 40.1 Å². The maximum absolute atomic E-state index is 14.2. The molecule has 2 amide bonds. The van der Waals surface area contributed by atoms with Gasteiger partial charge in [-0.1, -0.05) is 6.58 Å². The minimum absolute atomic E-state index is 0.0989. The minimum Gasteiger partial charge on any atom is -0.475 e. The monoisotopic (exact) mass is 595 g/mol. The van der Waals surface area contributed by atoms with Gasteiger partial charge in [0.05, 0.1) is 37.0 Å². The fourth-order valence-corrected chi connectivity index (χ4v) is 7.78. The summed E-state index contributed by atoms with van der Waals surface area (Å²) in [4.78, 5) is 34.3. The highest BCUT2D eigenvalue weighted by molar-refractivity contribution is 6.02. The van der Waals surface area contributed by atoms with Gasteiger partial charge >= 0.3 is 0 Å². The molecule has 4 heterocycles. The van der Waals surface area contributed by atoms with Crippen molar-refractivity contribution in [2.24, 2.45) is 5.92 Å². The number of carbonyl (C=O) groups is 2. The largest absolute Gasteiger partial charge is 0.475 e. The molecule has 1 saturated carbocycles. The van der Waals surface area contributed by atoms with E-state index in [1.54, 1.807) is 22.9 Å². The standard InChI is InChI=1S/C31H42FN7O4/c1-4-27(40)39-15-14-38(18-21(39)10-12-33)28-23-9-11-31(29(41)37(3)25-8-7-20(32)16-26(25)43-31)17-24(23)34-30(35-28)42-19-22-6-5-13-36(22)2/h4,7-8,16,21-24,28,30,34-35H,1,5-6,9-11,13-15,17-19H2,2-3H3/t21-,22+,23?,24?,28?,30?,31-/m1/s1. The quantitative estimate of drug-likeness (QED) is 0.474. The van der Waals surface area contributed by atoms with E-state index in [0.29, 0.717) is 63.0 Å². The summed E-state index contributed by atoms with van der Waals surface area (Å²) in [6.07, 6.45) is 4.80. The molecule has 1 aliphatic carbocycles. The van der Waals surface area contributed by atoms with Crippen molar-refractivity contribution in [3.63, 3.8) is 0 Å². The number of hydrogen-bond donors (Lipinski definition) is 2. The van der Waals surface area contributed by atoms with Crippen LogP contribution in [0.3, 0.4) is 0 Å². The molecule has 12 heteroatoms. The Morgan fingerprint density at radius 1 is 1.26 bits per heavy atom. The minimum atomic E-state index is -1.11. The molecular weight excluding hydrogens is 553 g/mol. The third-order valence-electron chi connectivity index (χ3n) is 10.1. The van der Waals surface area contributed by atoms with E-state index >= 15 is 0 Å². The predicted molar refractivity (Wildman–Crippen MR) is 157 cm³/mol. The summed E-state index contributed by atoms with van der Waals surface area (Å²) in [7, 11) is 3.84. The first-order valence-corrected chi connectivity index (χ1v) is 15.4. The van der Waals surface area contributed by atoms with Gasteiger partial charge in [0.2, 0.25) is 5.91 Å². The van der Waals surface area contributed by atoms with Gasteiger partial charge in [0.25, 0.3) is 5.91 Å². The van der Waals surface area contributed by atoms with Crippen LogP contribution in [0.4, 0.5) is 10.1 Å². The van der Waals surface area contributed by atoms with Gasteiger partial charge in [-0.3, -0.25) is 25.1 Å². The molecule has 3 saturated heterocycles. The van der Waals surface area contributed by atoms with Gasteiger partial charge in [0, 0.05) is 57.2 Å². The smallest absolute Gasteiger partial charge is 0.271 e. The van der Waals surface area contributed by atoms with Crippen molar-refractivity contribution in [1.29, 1.82) is 5.26 Å². The Labute approximate surface area is 252 Å². The average Bonchev–Trinajstić information content (AvgIpc) is 3.42. The number of halogens is 1. The van der Waals surface area contributed by atoms with Gasteiger partial charge in [-0.25, -0.2) is 4.39 Å². The number of anilines is 1. The van der Waals surface area contributed by atoms with Crippen molar-refractivity contribution in [3.05, 3.63) is 36.7 Å². The van der Waals surface area contributed by atoms with Crippen molar-refractivity contribution in [2.75, 3.05) is 51.8 Å². The van der Waals surface area contributed by atoms with E-state index in [1.165, 1.54) is 18.2 Å². The summed E-state index contributed by atoms with van der Waals surface area (Å²) in [6, 6.07) is 6.50. The van der Waals surface area contributed by atoms with Crippen LogP contribution in [-0.4, -0.2) is 110 Å². The summed E-state index contributed by atoms with van der Waals surface area (Å²) in [5.41, 5.74) is -0.548. The second kappa shape index (κ2) is 12.1. The fourth-order valence-electron chi connectivity index (χ4n) is 7.78. The van der Waals surface area contributed by atoms with Crippen LogP contribution in [0.1, 0.15) is 38.5 Å². The van der Waals surface area contributed by atoms with E-state index in [0.717, 1.165) is 19.4 Å². The third kappa shape index (κ3) is 5.65. The number of nitrogens with one attached hydrogen (secondary N) is 2. The van der Waals surface area contributed by atoms with Gasteiger partial charge in [-0.15, -0.1) is 0 Å². The van der Waals surface area contributed by atoms with E-state index < -0.39 is 17.8 Å². The van der Waals surface area contributed by atoms with Crippen molar-refractivity contribution in [3.8, 4) is 11.8 Å². The van der Waals surface area contributed by atoms with E-state index in [1.807, 2.05) is 0 Å². The van der Waals surface area contributed by atoms with E-state index in [9.17, 15) is 19.2 Å². The van der Waals surface area contributed by atoms with Gasteiger partial charge in [0.1, 0.15) is 11.6 Å². The highest BCUT2D eigenvalue weighted by atomic mass is 19.1. The SMILES string of the molecule is C=CC(=O)N1CCN(C2NC(OC[C@@H]3CCCN3C)NC3C[C@@]4(CCC32)Oc2cc(F)ccc2N(C)C4=O)C[C@H]1CC#N. The number of rotatable bonds is 6. The topological polar surface area (TPSA) is 113 Å². The number of amides is 2. The molecule has 232 valence electrons. The first kappa shape index (κ1) is 30.0. The van der Waals surface area contributed by atoms with Gasteiger partial charge in [-0.05, 0) is 57.5 Å². The molecule has 6 rings (SSSR count). The Kier molecular flexibility index (Phi) is 8.45. The number of carbonyl (C=O) groups excluding carboxylic acids is 2. The van der Waals surface area contributed by atoms with Crippen LogP contribution in [0.2, 0.25) is 0 Å². The van der Waals surface area contributed by atoms with Crippen molar-refractivity contribution < 1.29 is 23.5 Å².